The number of nitrogens with two attached hydrogens (primary N) is 1. The van der Waals surface area contributed by atoms with Crippen molar-refractivity contribution in [3.05, 3.63) is 29.8 Å². The molecule has 1 aliphatic carbocycles. The van der Waals surface area contributed by atoms with Crippen LogP contribution in [0.2, 0.25) is 0 Å². The predicted octanol–water partition coefficient (Wildman–Crippen LogP) is 2.87. The molecule has 1 saturated carbocycles. The van der Waals surface area contributed by atoms with Gasteiger partial charge >= 0.3 is 6.18 Å². The Labute approximate surface area is 161 Å². The van der Waals surface area contributed by atoms with Gasteiger partial charge in [0.2, 0.25) is 11.8 Å². The lowest BCUT2D eigenvalue weighted by Gasteiger charge is -2.19. The molecule has 1 aromatic carbocycles. The molecule has 1 unspecified atom stereocenters. The van der Waals surface area contributed by atoms with Gasteiger partial charge in [0.1, 0.15) is 0 Å². The van der Waals surface area contributed by atoms with Crippen molar-refractivity contribution in [2.45, 2.75) is 50.4 Å². The van der Waals surface area contributed by atoms with Crippen molar-refractivity contribution in [2.75, 3.05) is 11.4 Å². The van der Waals surface area contributed by atoms with Gasteiger partial charge in [-0.25, -0.2) is 0 Å². The number of hydrogen-bond acceptors (Lipinski definition) is 3. The minimum absolute atomic E-state index is 0. The summed E-state index contributed by atoms with van der Waals surface area (Å²) >= 11 is 0. The molecule has 0 spiro atoms. The average Bonchev–Trinajstić information content (AvgIpc) is 3.12. The number of nitrogens with zero attached hydrogens (tertiary/aromatic N) is 1. The van der Waals surface area contributed by atoms with Gasteiger partial charge in [0, 0.05) is 31.1 Å². The number of anilines is 1. The van der Waals surface area contributed by atoms with Crippen LogP contribution in [0.5, 0.6) is 0 Å². The Hall–Kier alpha value is -1.80. The quantitative estimate of drug-likeness (QED) is 0.808. The zero-order valence-electron chi connectivity index (χ0n) is 14.7. The van der Waals surface area contributed by atoms with E-state index in [0.717, 1.165) is 31.4 Å². The van der Waals surface area contributed by atoms with E-state index in [2.05, 4.69) is 5.32 Å². The second-order valence-electron chi connectivity index (χ2n) is 7.08. The summed E-state index contributed by atoms with van der Waals surface area (Å²) in [6.07, 6.45) is -1.19. The molecule has 2 fully saturated rings. The molecule has 9 heteroatoms. The molecule has 2 amide bonds. The van der Waals surface area contributed by atoms with Crippen LogP contribution in [0.15, 0.2) is 24.3 Å². The van der Waals surface area contributed by atoms with Crippen molar-refractivity contribution in [1.82, 2.24) is 5.32 Å². The van der Waals surface area contributed by atoms with E-state index in [-0.39, 0.29) is 54.8 Å². The van der Waals surface area contributed by atoms with Crippen LogP contribution in [0.25, 0.3) is 0 Å². The van der Waals surface area contributed by atoms with Gasteiger partial charge in [-0.1, -0.05) is 12.5 Å². The number of benzene rings is 1. The predicted molar refractivity (Wildman–Crippen MR) is 97.5 cm³/mol. The second kappa shape index (κ2) is 8.48. The molecule has 1 aliphatic heterocycles. The molecule has 1 saturated heterocycles. The number of nitrogens with one attached hydrogen (secondary N) is 1. The number of carbonyl (C=O) groups excluding carboxylic acids is 2. The maximum atomic E-state index is 12.9. The van der Waals surface area contributed by atoms with Crippen LogP contribution in [0.4, 0.5) is 18.9 Å². The monoisotopic (exact) mass is 405 g/mol. The summed E-state index contributed by atoms with van der Waals surface area (Å²) in [4.78, 5) is 25.7. The molecular formula is C18H23ClF3N3O2. The molecule has 2 aliphatic rings. The Bertz CT molecular complexity index is 699. The largest absolute Gasteiger partial charge is 0.416 e. The molecular weight excluding hydrogens is 383 g/mol. The van der Waals surface area contributed by atoms with Crippen molar-refractivity contribution in [3.8, 4) is 0 Å². The Morgan fingerprint density at radius 1 is 1.30 bits per heavy atom. The first-order valence-electron chi connectivity index (χ1n) is 8.76. The maximum absolute atomic E-state index is 12.9. The topological polar surface area (TPSA) is 75.4 Å². The minimum Gasteiger partial charge on any atom is -0.351 e. The van der Waals surface area contributed by atoms with Crippen LogP contribution in [-0.4, -0.2) is 30.4 Å². The Morgan fingerprint density at radius 3 is 2.67 bits per heavy atom. The fraction of sp³-hybridized carbons (Fsp3) is 0.556. The SMILES string of the molecule is Cl.N[C@@H]1CCC[C@H]1CC(=O)NC1CC(=O)N(c2cccc(C(F)(F)F)c2)C1. The molecule has 1 heterocycles. The molecule has 5 nitrogen and oxygen atoms in total. The summed E-state index contributed by atoms with van der Waals surface area (Å²) in [6, 6.07) is 4.30. The van der Waals surface area contributed by atoms with Gasteiger partial charge in [0.15, 0.2) is 0 Å². The Kier molecular flexibility index (Phi) is 6.75. The Morgan fingerprint density at radius 2 is 2.04 bits per heavy atom. The van der Waals surface area contributed by atoms with Gasteiger partial charge in [-0.05, 0) is 37.0 Å². The van der Waals surface area contributed by atoms with Gasteiger partial charge in [0.05, 0.1) is 11.6 Å². The van der Waals surface area contributed by atoms with E-state index in [1.807, 2.05) is 0 Å². The fourth-order valence-electron chi connectivity index (χ4n) is 3.75. The summed E-state index contributed by atoms with van der Waals surface area (Å²) in [5.74, 6) is -0.296. The summed E-state index contributed by atoms with van der Waals surface area (Å²) in [5, 5.41) is 2.82. The normalized spacial score (nSPS) is 25.4. The average molecular weight is 406 g/mol. The number of rotatable bonds is 4. The first kappa shape index (κ1) is 21.5. The second-order valence-corrected chi connectivity index (χ2v) is 7.08. The third-order valence-corrected chi connectivity index (χ3v) is 5.14. The third kappa shape index (κ3) is 5.13. The number of alkyl halides is 3. The molecule has 3 N–H and O–H groups in total. The number of hydrogen-bond donors (Lipinski definition) is 2. The molecule has 0 radical (unpaired) electrons. The number of carbonyl (C=O) groups is 2. The van der Waals surface area contributed by atoms with E-state index in [1.165, 1.54) is 17.0 Å². The standard InChI is InChI=1S/C18H22F3N3O2.ClH/c19-18(20,21)12-4-2-5-14(8-12)24-10-13(9-17(24)26)23-16(25)7-11-3-1-6-15(11)22;/h2,4-5,8,11,13,15H,1,3,6-7,9-10,22H2,(H,23,25);1H/t11-,13?,15+;/m0./s1. The molecule has 3 rings (SSSR count). The highest BCUT2D eigenvalue weighted by molar-refractivity contribution is 5.97. The lowest BCUT2D eigenvalue weighted by atomic mass is 9.99. The summed E-state index contributed by atoms with van der Waals surface area (Å²) in [6.45, 7) is 0.169. The van der Waals surface area contributed by atoms with Crippen LogP contribution in [0.3, 0.4) is 0 Å². The van der Waals surface area contributed by atoms with E-state index in [0.29, 0.717) is 6.42 Å². The number of amides is 2. The van der Waals surface area contributed by atoms with Crippen molar-refractivity contribution in [1.29, 1.82) is 0 Å². The molecule has 27 heavy (non-hydrogen) atoms. The first-order valence-corrected chi connectivity index (χ1v) is 8.76. The molecule has 0 bridgehead atoms. The van der Waals surface area contributed by atoms with Crippen molar-refractivity contribution in [2.24, 2.45) is 11.7 Å². The van der Waals surface area contributed by atoms with Crippen molar-refractivity contribution >= 4 is 29.9 Å². The molecule has 3 atom stereocenters. The zero-order chi connectivity index (χ0) is 18.9. The van der Waals surface area contributed by atoms with Crippen LogP contribution >= 0.6 is 12.4 Å². The van der Waals surface area contributed by atoms with Crippen LogP contribution in [0.1, 0.15) is 37.7 Å². The maximum Gasteiger partial charge on any atom is 0.416 e. The first-order chi connectivity index (χ1) is 12.2. The van der Waals surface area contributed by atoms with Gasteiger partial charge in [-0.15, -0.1) is 12.4 Å². The third-order valence-electron chi connectivity index (χ3n) is 5.14. The lowest BCUT2D eigenvalue weighted by Crippen LogP contribution is -2.39. The van der Waals surface area contributed by atoms with Gasteiger partial charge in [-0.3, -0.25) is 9.59 Å². The van der Waals surface area contributed by atoms with Crippen LogP contribution in [0, 0.1) is 5.92 Å². The highest BCUT2D eigenvalue weighted by Gasteiger charge is 2.35. The Balaban J connectivity index is 0.00000261. The molecule has 1 aromatic rings. The number of halogens is 4. The highest BCUT2D eigenvalue weighted by Crippen LogP contribution is 2.33. The van der Waals surface area contributed by atoms with Gasteiger partial charge in [0.25, 0.3) is 0 Å². The van der Waals surface area contributed by atoms with Gasteiger partial charge in [-0.2, -0.15) is 13.2 Å². The van der Waals surface area contributed by atoms with E-state index < -0.39 is 17.8 Å². The van der Waals surface area contributed by atoms with Crippen LogP contribution in [-0.2, 0) is 15.8 Å². The van der Waals surface area contributed by atoms with Crippen molar-refractivity contribution in [3.63, 3.8) is 0 Å². The van der Waals surface area contributed by atoms with Crippen LogP contribution < -0.4 is 16.0 Å². The van der Waals surface area contributed by atoms with E-state index in [1.54, 1.807) is 0 Å². The van der Waals surface area contributed by atoms with E-state index in [4.69, 9.17) is 5.73 Å². The summed E-state index contributed by atoms with van der Waals surface area (Å²) in [5.41, 5.74) is 5.36. The smallest absolute Gasteiger partial charge is 0.351 e. The summed E-state index contributed by atoms with van der Waals surface area (Å²) < 4.78 is 38.6. The minimum atomic E-state index is -4.47. The fourth-order valence-corrected chi connectivity index (χ4v) is 3.75. The van der Waals surface area contributed by atoms with E-state index in [9.17, 15) is 22.8 Å². The van der Waals surface area contributed by atoms with Crippen molar-refractivity contribution < 1.29 is 22.8 Å². The lowest BCUT2D eigenvalue weighted by molar-refractivity contribution is -0.137. The molecule has 150 valence electrons. The van der Waals surface area contributed by atoms with Gasteiger partial charge < -0.3 is 16.0 Å². The zero-order valence-corrected chi connectivity index (χ0v) is 15.5. The summed E-state index contributed by atoms with van der Waals surface area (Å²) in [7, 11) is 0. The highest BCUT2D eigenvalue weighted by atomic mass is 35.5. The van der Waals surface area contributed by atoms with E-state index >= 15 is 0 Å². The molecule has 0 aromatic heterocycles.